The predicted octanol–water partition coefficient (Wildman–Crippen LogP) is 2.90. The van der Waals surface area contributed by atoms with Crippen LogP contribution in [-0.4, -0.2) is 47.2 Å². The average Bonchev–Trinajstić information content (AvgIpc) is 3.31. The van der Waals surface area contributed by atoms with Crippen molar-refractivity contribution in [3.8, 4) is 0 Å². The molecule has 30 heavy (non-hydrogen) atoms. The highest BCUT2D eigenvalue weighted by Crippen LogP contribution is 2.54. The molecule has 0 radical (unpaired) electrons. The lowest BCUT2D eigenvalue weighted by Crippen LogP contribution is -2.43. The van der Waals surface area contributed by atoms with E-state index in [1.165, 1.54) is 12.1 Å². The van der Waals surface area contributed by atoms with Gasteiger partial charge in [0.2, 0.25) is 0 Å². The highest BCUT2D eigenvalue weighted by molar-refractivity contribution is 6.02. The lowest BCUT2D eigenvalue weighted by Gasteiger charge is -2.33. The highest BCUT2D eigenvalue weighted by atomic mass is 19.1. The molecule has 3 aliphatic rings. The van der Waals surface area contributed by atoms with Crippen LogP contribution in [-0.2, 0) is 14.3 Å². The molecular weight excluding hydrogens is 387 g/mol. The maximum absolute atomic E-state index is 14.1. The number of nitrogens with one attached hydrogen (secondary N) is 1. The molecule has 1 N–H and O–H groups in total. The van der Waals surface area contributed by atoms with E-state index >= 15 is 0 Å². The van der Waals surface area contributed by atoms with Gasteiger partial charge in [-0.05, 0) is 57.1 Å². The average molecular weight is 414 g/mol. The fraction of sp³-hybridized carbons (Fsp3) is 0.522. The quantitative estimate of drug-likeness (QED) is 0.825. The van der Waals surface area contributed by atoms with Crippen LogP contribution in [0.1, 0.15) is 55.5 Å². The van der Waals surface area contributed by atoms with E-state index in [2.05, 4.69) is 5.32 Å². The molecule has 160 valence electrons. The number of halogens is 1. The van der Waals surface area contributed by atoms with Crippen molar-refractivity contribution in [2.75, 3.05) is 13.1 Å². The van der Waals surface area contributed by atoms with Crippen LogP contribution in [0.15, 0.2) is 30.0 Å². The number of rotatable bonds is 3. The summed E-state index contributed by atoms with van der Waals surface area (Å²) in [6.07, 6.45) is 3.86. The van der Waals surface area contributed by atoms with Crippen molar-refractivity contribution < 1.29 is 23.5 Å². The van der Waals surface area contributed by atoms with Crippen LogP contribution < -0.4 is 5.32 Å². The number of carbonyl (C=O) groups excluding carboxylic acids is 3. The van der Waals surface area contributed by atoms with Gasteiger partial charge in [-0.1, -0.05) is 12.1 Å². The van der Waals surface area contributed by atoms with Crippen molar-refractivity contribution in [2.45, 2.75) is 58.1 Å². The first-order chi connectivity index (χ1) is 14.1. The minimum Gasteiger partial charge on any atom is -0.482 e. The SMILES string of the molecule is Cc1cccc(F)c1C(=O)N1CCC2(CC1)CC2NC(=O)C1=CC(=O)CC(C)(C)O1. The number of likely N-dealkylation sites (tertiary alicyclic amines) is 1. The monoisotopic (exact) mass is 414 g/mol. The molecule has 1 aromatic rings. The molecule has 1 atom stereocenters. The first kappa shape index (κ1) is 20.6. The molecule has 1 unspecified atom stereocenters. The maximum atomic E-state index is 14.1. The second-order valence-electron chi connectivity index (χ2n) is 9.33. The third-order valence-electron chi connectivity index (χ3n) is 6.48. The summed E-state index contributed by atoms with van der Waals surface area (Å²) >= 11 is 0. The summed E-state index contributed by atoms with van der Waals surface area (Å²) in [7, 11) is 0. The van der Waals surface area contributed by atoms with Crippen molar-refractivity contribution in [1.82, 2.24) is 10.2 Å². The van der Waals surface area contributed by atoms with E-state index in [0.717, 1.165) is 19.3 Å². The normalized spacial score (nSPS) is 24.1. The van der Waals surface area contributed by atoms with Crippen molar-refractivity contribution in [3.05, 3.63) is 47.0 Å². The summed E-state index contributed by atoms with van der Waals surface area (Å²) in [6, 6.07) is 4.65. The zero-order valence-electron chi connectivity index (χ0n) is 17.6. The Kier molecular flexibility index (Phi) is 4.95. The number of aryl methyl sites for hydroxylation is 1. The van der Waals surface area contributed by atoms with Crippen molar-refractivity contribution in [2.24, 2.45) is 5.41 Å². The fourth-order valence-electron chi connectivity index (χ4n) is 4.64. The Morgan fingerprint density at radius 2 is 1.93 bits per heavy atom. The number of nitrogens with zero attached hydrogens (tertiary/aromatic N) is 1. The number of carbonyl (C=O) groups is 3. The predicted molar refractivity (Wildman–Crippen MR) is 108 cm³/mol. The van der Waals surface area contributed by atoms with Crippen LogP contribution in [0.25, 0.3) is 0 Å². The molecule has 2 fully saturated rings. The van der Waals surface area contributed by atoms with E-state index in [4.69, 9.17) is 4.74 Å². The second kappa shape index (κ2) is 7.22. The number of benzene rings is 1. The molecule has 1 saturated heterocycles. The lowest BCUT2D eigenvalue weighted by atomic mass is 9.92. The Balaban J connectivity index is 1.35. The molecule has 1 aromatic carbocycles. The van der Waals surface area contributed by atoms with E-state index in [1.54, 1.807) is 37.8 Å². The molecule has 2 heterocycles. The third-order valence-corrected chi connectivity index (χ3v) is 6.48. The van der Waals surface area contributed by atoms with Gasteiger partial charge >= 0.3 is 0 Å². The molecule has 0 aromatic heterocycles. The van der Waals surface area contributed by atoms with Crippen LogP contribution in [0.5, 0.6) is 0 Å². The van der Waals surface area contributed by atoms with Gasteiger partial charge < -0.3 is 15.0 Å². The smallest absolute Gasteiger partial charge is 0.286 e. The Morgan fingerprint density at radius 3 is 2.57 bits per heavy atom. The van der Waals surface area contributed by atoms with Crippen molar-refractivity contribution >= 4 is 17.6 Å². The van der Waals surface area contributed by atoms with Gasteiger partial charge in [0.15, 0.2) is 11.5 Å². The van der Waals surface area contributed by atoms with Crippen molar-refractivity contribution in [1.29, 1.82) is 0 Å². The molecular formula is C23H27FN2O4. The van der Waals surface area contributed by atoms with Gasteiger partial charge in [0.25, 0.3) is 11.8 Å². The fourth-order valence-corrected chi connectivity index (χ4v) is 4.64. The Labute approximate surface area is 175 Å². The lowest BCUT2D eigenvalue weighted by molar-refractivity contribution is -0.131. The zero-order valence-corrected chi connectivity index (χ0v) is 17.6. The van der Waals surface area contributed by atoms with E-state index < -0.39 is 11.4 Å². The number of allylic oxidation sites excluding steroid dienone is 1. The molecule has 1 aliphatic carbocycles. The molecule has 0 bridgehead atoms. The van der Waals surface area contributed by atoms with E-state index in [1.807, 2.05) is 0 Å². The Hall–Kier alpha value is -2.70. The van der Waals surface area contributed by atoms with E-state index in [0.29, 0.717) is 18.7 Å². The third kappa shape index (κ3) is 3.85. The summed E-state index contributed by atoms with van der Waals surface area (Å²) < 4.78 is 19.8. The minimum absolute atomic E-state index is 0.00194. The minimum atomic E-state index is -0.684. The largest absolute Gasteiger partial charge is 0.482 e. The number of hydrogen-bond acceptors (Lipinski definition) is 4. The Morgan fingerprint density at radius 1 is 1.23 bits per heavy atom. The van der Waals surface area contributed by atoms with Gasteiger partial charge in [0.1, 0.15) is 11.4 Å². The van der Waals surface area contributed by atoms with Gasteiger partial charge in [-0.3, -0.25) is 14.4 Å². The van der Waals surface area contributed by atoms with Crippen molar-refractivity contribution in [3.63, 3.8) is 0 Å². The van der Waals surface area contributed by atoms with Crippen LogP contribution in [0, 0.1) is 18.2 Å². The number of amides is 2. The van der Waals surface area contributed by atoms with Gasteiger partial charge in [-0.2, -0.15) is 0 Å². The standard InChI is InChI=1S/C23H27FN2O4/c1-14-5-4-6-16(24)19(14)21(29)26-9-7-23(8-10-26)13-18(23)25-20(28)17-11-15(27)12-22(2,3)30-17/h4-6,11,18H,7-10,12-13H2,1-3H3,(H,25,28). The van der Waals surface area contributed by atoms with Crippen LogP contribution >= 0.6 is 0 Å². The maximum Gasteiger partial charge on any atom is 0.286 e. The van der Waals surface area contributed by atoms with Gasteiger partial charge in [0.05, 0.1) is 5.56 Å². The van der Waals surface area contributed by atoms with Gasteiger partial charge in [0, 0.05) is 31.6 Å². The molecule has 1 spiro atoms. The summed E-state index contributed by atoms with van der Waals surface area (Å²) in [4.78, 5) is 38.9. The summed E-state index contributed by atoms with van der Waals surface area (Å²) in [5, 5.41) is 2.99. The number of ether oxygens (including phenoxy) is 1. The van der Waals surface area contributed by atoms with Crippen LogP contribution in [0.4, 0.5) is 4.39 Å². The summed E-state index contributed by atoms with van der Waals surface area (Å²) in [5.74, 6) is -1.17. The first-order valence-electron chi connectivity index (χ1n) is 10.4. The molecule has 6 nitrogen and oxygen atoms in total. The molecule has 2 amide bonds. The highest BCUT2D eigenvalue weighted by Gasteiger charge is 2.56. The van der Waals surface area contributed by atoms with Gasteiger partial charge in [-0.25, -0.2) is 4.39 Å². The topological polar surface area (TPSA) is 75.7 Å². The first-order valence-corrected chi connectivity index (χ1v) is 10.4. The molecule has 1 saturated carbocycles. The van der Waals surface area contributed by atoms with Crippen LogP contribution in [0.3, 0.4) is 0 Å². The molecule has 2 aliphatic heterocycles. The van der Waals surface area contributed by atoms with E-state index in [9.17, 15) is 18.8 Å². The number of ketones is 1. The second-order valence-corrected chi connectivity index (χ2v) is 9.33. The summed E-state index contributed by atoms with van der Waals surface area (Å²) in [6.45, 7) is 6.37. The molecule has 4 rings (SSSR count). The number of piperidine rings is 1. The Bertz CT molecular complexity index is 924. The van der Waals surface area contributed by atoms with E-state index in [-0.39, 0.29) is 46.8 Å². The summed E-state index contributed by atoms with van der Waals surface area (Å²) in [5.41, 5.74) is 0.0553. The van der Waals surface area contributed by atoms with Crippen LogP contribution in [0.2, 0.25) is 0 Å². The number of hydrogen-bond donors (Lipinski definition) is 1. The zero-order chi connectivity index (χ0) is 21.7. The molecule has 7 heteroatoms. The van der Waals surface area contributed by atoms with Gasteiger partial charge in [-0.15, -0.1) is 0 Å².